The molecular weight excluding hydrogens is 330 g/mol. The number of amides is 1. The van der Waals surface area contributed by atoms with Gasteiger partial charge in [0.25, 0.3) is 11.5 Å². The monoisotopic (exact) mass is 351 g/mol. The largest absolute Gasteiger partial charge is 0.451 e. The van der Waals surface area contributed by atoms with Gasteiger partial charge in [-0.05, 0) is 13.3 Å². The fourth-order valence-corrected chi connectivity index (χ4v) is 2.34. The van der Waals surface area contributed by atoms with Crippen molar-refractivity contribution in [2.24, 2.45) is 14.1 Å². The summed E-state index contributed by atoms with van der Waals surface area (Å²) in [6, 6.07) is 0. The van der Waals surface area contributed by atoms with Crippen molar-refractivity contribution in [1.29, 1.82) is 0 Å². The van der Waals surface area contributed by atoms with Gasteiger partial charge in [0.2, 0.25) is 0 Å². The number of imidazole rings is 1. The summed E-state index contributed by atoms with van der Waals surface area (Å²) in [7, 11) is 3.07. The average molecular weight is 351 g/mol. The number of aromatic nitrogens is 4. The molecule has 0 aromatic carbocycles. The van der Waals surface area contributed by atoms with Gasteiger partial charge in [0, 0.05) is 20.6 Å². The quantitative estimate of drug-likeness (QED) is 0.660. The summed E-state index contributed by atoms with van der Waals surface area (Å²) in [5.41, 5.74) is -0.896. The van der Waals surface area contributed by atoms with E-state index in [-0.39, 0.29) is 11.2 Å². The molecule has 2 aromatic heterocycles. The molecule has 0 bridgehead atoms. The van der Waals surface area contributed by atoms with Crippen LogP contribution < -0.4 is 16.6 Å². The van der Waals surface area contributed by atoms with Crippen molar-refractivity contribution < 1.29 is 14.3 Å². The van der Waals surface area contributed by atoms with E-state index >= 15 is 0 Å². The van der Waals surface area contributed by atoms with E-state index in [1.165, 1.54) is 29.4 Å². The summed E-state index contributed by atoms with van der Waals surface area (Å²) in [4.78, 5) is 52.6. The molecule has 0 aliphatic carbocycles. The molecule has 1 unspecified atom stereocenters. The minimum absolute atomic E-state index is 0.198. The van der Waals surface area contributed by atoms with Gasteiger partial charge in [-0.2, -0.15) is 0 Å². The first-order valence-electron chi connectivity index (χ1n) is 7.86. The molecule has 0 saturated heterocycles. The summed E-state index contributed by atoms with van der Waals surface area (Å²) in [5, 5.41) is 2.60. The van der Waals surface area contributed by atoms with Crippen LogP contribution in [0.3, 0.4) is 0 Å². The lowest BCUT2D eigenvalue weighted by Crippen LogP contribution is -2.43. The van der Waals surface area contributed by atoms with Crippen molar-refractivity contribution >= 4 is 23.0 Å². The predicted molar refractivity (Wildman–Crippen MR) is 89.1 cm³/mol. The standard InChI is InChI=1S/C15H21N5O5/c1-5-6-16-13(22)9(2)25-10(21)7-20-14(23)11-12(17-8-18(11)3)19(4)15(20)24/h8-9H,5-7H2,1-4H3,(H,16,22). The second-order valence-electron chi connectivity index (χ2n) is 5.68. The maximum absolute atomic E-state index is 12.5. The summed E-state index contributed by atoms with van der Waals surface area (Å²) in [6.45, 7) is 3.21. The lowest BCUT2D eigenvalue weighted by molar-refractivity contribution is -0.155. The molecule has 0 aliphatic heterocycles. The number of fused-ring (bicyclic) bond motifs is 1. The van der Waals surface area contributed by atoms with Gasteiger partial charge < -0.3 is 14.6 Å². The van der Waals surface area contributed by atoms with Gasteiger partial charge in [-0.1, -0.05) is 6.92 Å². The molecular formula is C15H21N5O5. The average Bonchev–Trinajstić information content (AvgIpc) is 2.96. The third-order valence-corrected chi connectivity index (χ3v) is 3.71. The lowest BCUT2D eigenvalue weighted by atomic mass is 10.3. The Balaban J connectivity index is 2.24. The Hall–Kier alpha value is -2.91. The smallest absolute Gasteiger partial charge is 0.333 e. The van der Waals surface area contributed by atoms with E-state index < -0.39 is 35.8 Å². The molecule has 0 radical (unpaired) electrons. The van der Waals surface area contributed by atoms with Crippen molar-refractivity contribution in [2.45, 2.75) is 32.9 Å². The normalized spacial score (nSPS) is 12.2. The Kier molecular flexibility index (Phi) is 5.40. The third kappa shape index (κ3) is 3.62. The van der Waals surface area contributed by atoms with E-state index in [0.717, 1.165) is 11.0 Å². The Bertz CT molecular complexity index is 923. The zero-order chi connectivity index (χ0) is 18.7. The molecule has 25 heavy (non-hydrogen) atoms. The Morgan fingerprint density at radius 2 is 2.00 bits per heavy atom. The first-order valence-corrected chi connectivity index (χ1v) is 7.86. The van der Waals surface area contributed by atoms with Gasteiger partial charge >= 0.3 is 11.7 Å². The van der Waals surface area contributed by atoms with Crippen LogP contribution in [0, 0.1) is 0 Å². The first-order chi connectivity index (χ1) is 11.8. The van der Waals surface area contributed by atoms with E-state index in [1.54, 1.807) is 7.05 Å². The number of esters is 1. The molecule has 2 heterocycles. The summed E-state index contributed by atoms with van der Waals surface area (Å²) in [5.74, 6) is -1.28. The molecule has 0 saturated carbocycles. The topological polar surface area (TPSA) is 117 Å². The number of hydrogen-bond donors (Lipinski definition) is 1. The highest BCUT2D eigenvalue weighted by molar-refractivity contribution is 5.83. The van der Waals surface area contributed by atoms with Gasteiger partial charge in [0.15, 0.2) is 17.3 Å². The van der Waals surface area contributed by atoms with Gasteiger partial charge in [-0.3, -0.25) is 19.0 Å². The number of aryl methyl sites for hydroxylation is 2. The van der Waals surface area contributed by atoms with Crippen LogP contribution >= 0.6 is 0 Å². The van der Waals surface area contributed by atoms with Crippen LogP contribution in [0.5, 0.6) is 0 Å². The molecule has 1 atom stereocenters. The number of nitrogens with zero attached hydrogens (tertiary/aromatic N) is 4. The molecule has 0 aliphatic rings. The highest BCUT2D eigenvalue weighted by Crippen LogP contribution is 2.03. The fraction of sp³-hybridized carbons (Fsp3) is 0.533. The number of hydrogen-bond acceptors (Lipinski definition) is 6. The number of nitrogens with one attached hydrogen (secondary N) is 1. The van der Waals surface area contributed by atoms with Crippen molar-refractivity contribution in [3.8, 4) is 0 Å². The van der Waals surface area contributed by atoms with Crippen LogP contribution in [0.2, 0.25) is 0 Å². The maximum atomic E-state index is 12.5. The predicted octanol–water partition coefficient (Wildman–Crippen LogP) is -1.11. The van der Waals surface area contributed by atoms with Crippen molar-refractivity contribution in [1.82, 2.24) is 24.0 Å². The highest BCUT2D eigenvalue weighted by atomic mass is 16.5. The number of carbonyl (C=O) groups excluding carboxylic acids is 2. The zero-order valence-corrected chi connectivity index (χ0v) is 14.6. The molecule has 136 valence electrons. The summed E-state index contributed by atoms with van der Waals surface area (Å²) in [6.07, 6.45) is 1.15. The van der Waals surface area contributed by atoms with Gasteiger partial charge in [0.1, 0.15) is 6.54 Å². The Labute approximate surface area is 143 Å². The molecule has 0 fully saturated rings. The highest BCUT2D eigenvalue weighted by Gasteiger charge is 2.21. The number of rotatable bonds is 6. The van der Waals surface area contributed by atoms with Crippen LogP contribution in [0.25, 0.3) is 11.2 Å². The molecule has 1 amide bonds. The van der Waals surface area contributed by atoms with Crippen molar-refractivity contribution in [2.75, 3.05) is 6.54 Å². The van der Waals surface area contributed by atoms with Crippen LogP contribution in [0.4, 0.5) is 0 Å². The third-order valence-electron chi connectivity index (χ3n) is 3.71. The van der Waals surface area contributed by atoms with Crippen LogP contribution in [0.15, 0.2) is 15.9 Å². The first kappa shape index (κ1) is 18.4. The molecule has 10 heteroatoms. The molecule has 2 rings (SSSR count). The molecule has 0 spiro atoms. The van der Waals surface area contributed by atoms with Crippen LogP contribution in [0.1, 0.15) is 20.3 Å². The Morgan fingerprint density at radius 1 is 1.32 bits per heavy atom. The van der Waals surface area contributed by atoms with Crippen molar-refractivity contribution in [3.05, 3.63) is 27.2 Å². The fourth-order valence-electron chi connectivity index (χ4n) is 2.34. The molecule has 2 aromatic rings. The van der Waals surface area contributed by atoms with Crippen LogP contribution in [-0.4, -0.2) is 43.2 Å². The molecule has 10 nitrogen and oxygen atoms in total. The van der Waals surface area contributed by atoms with E-state index in [1.807, 2.05) is 6.92 Å². The second kappa shape index (κ2) is 7.32. The van der Waals surface area contributed by atoms with Crippen LogP contribution in [-0.2, 0) is 35.0 Å². The summed E-state index contributed by atoms with van der Waals surface area (Å²) < 4.78 is 8.43. The van der Waals surface area contributed by atoms with Gasteiger partial charge in [-0.25, -0.2) is 14.3 Å². The maximum Gasteiger partial charge on any atom is 0.333 e. The van der Waals surface area contributed by atoms with E-state index in [9.17, 15) is 19.2 Å². The van der Waals surface area contributed by atoms with Crippen molar-refractivity contribution in [3.63, 3.8) is 0 Å². The SMILES string of the molecule is CCCNC(=O)C(C)OC(=O)Cn1c(=O)c2c(ncn2C)n(C)c1=O. The molecule has 1 N–H and O–H groups in total. The lowest BCUT2D eigenvalue weighted by Gasteiger charge is -2.14. The van der Waals surface area contributed by atoms with E-state index in [0.29, 0.717) is 6.54 Å². The number of carbonyl (C=O) groups is 2. The Morgan fingerprint density at radius 3 is 2.64 bits per heavy atom. The zero-order valence-electron chi connectivity index (χ0n) is 14.6. The van der Waals surface area contributed by atoms with E-state index in [2.05, 4.69) is 10.3 Å². The minimum Gasteiger partial charge on any atom is -0.451 e. The van der Waals surface area contributed by atoms with E-state index in [4.69, 9.17) is 4.74 Å². The summed E-state index contributed by atoms with van der Waals surface area (Å²) >= 11 is 0. The minimum atomic E-state index is -1.01. The van der Waals surface area contributed by atoms with Gasteiger partial charge in [0.05, 0.1) is 6.33 Å². The van der Waals surface area contributed by atoms with Gasteiger partial charge in [-0.15, -0.1) is 0 Å². The second-order valence-corrected chi connectivity index (χ2v) is 5.68. The number of ether oxygens (including phenoxy) is 1.